The number of hydrogen-bond donors (Lipinski definition) is 2. The maximum Gasteiger partial charge on any atom is 0.234 e. The quantitative estimate of drug-likeness (QED) is 0.862. The van der Waals surface area contributed by atoms with Crippen LogP contribution >= 0.6 is 11.3 Å². The highest BCUT2D eigenvalue weighted by Crippen LogP contribution is 2.39. The van der Waals surface area contributed by atoms with Crippen LogP contribution in [0.1, 0.15) is 29.3 Å². The average Bonchev–Trinajstić information content (AvgIpc) is 3.06. The molecule has 3 N–H and O–H groups in total. The molecule has 1 aromatic rings. The minimum absolute atomic E-state index is 0.154. The van der Waals surface area contributed by atoms with Crippen molar-refractivity contribution >= 4 is 22.2 Å². The zero-order chi connectivity index (χ0) is 14.3. The van der Waals surface area contributed by atoms with E-state index in [4.69, 9.17) is 10.5 Å². The zero-order valence-corrected chi connectivity index (χ0v) is 12.2. The van der Waals surface area contributed by atoms with Crippen LogP contribution in [0.3, 0.4) is 0 Å². The van der Waals surface area contributed by atoms with Crippen LogP contribution < -0.4 is 11.1 Å². The molecule has 1 aromatic heterocycles. The summed E-state index contributed by atoms with van der Waals surface area (Å²) in [5, 5.41) is 12.9. The van der Waals surface area contributed by atoms with Gasteiger partial charge in [0.1, 0.15) is 11.1 Å². The lowest BCUT2D eigenvalue weighted by Crippen LogP contribution is -2.47. The fraction of sp³-hybridized carbons (Fsp3) is 0.571. The van der Waals surface area contributed by atoms with E-state index in [1.165, 1.54) is 16.2 Å². The number of carbonyl (C=O) groups excluding carboxylic acids is 1. The molecule has 0 radical (unpaired) electrons. The van der Waals surface area contributed by atoms with Crippen molar-refractivity contribution in [2.45, 2.75) is 32.2 Å². The van der Waals surface area contributed by atoms with Crippen LogP contribution in [0.15, 0.2) is 0 Å². The number of nitrogens with two attached hydrogens (primary N) is 1. The number of fused-ring (bicyclic) bond motifs is 1. The van der Waals surface area contributed by atoms with Gasteiger partial charge in [0.05, 0.1) is 24.2 Å². The van der Waals surface area contributed by atoms with Crippen LogP contribution in [0.4, 0.5) is 5.00 Å². The van der Waals surface area contributed by atoms with E-state index < -0.39 is 5.41 Å². The number of nitriles is 1. The van der Waals surface area contributed by atoms with Crippen molar-refractivity contribution in [3.63, 3.8) is 0 Å². The molecule has 6 heteroatoms. The van der Waals surface area contributed by atoms with E-state index in [0.29, 0.717) is 23.8 Å². The van der Waals surface area contributed by atoms with Crippen LogP contribution in [0, 0.1) is 16.7 Å². The second-order valence-corrected chi connectivity index (χ2v) is 6.77. The van der Waals surface area contributed by atoms with E-state index in [1.54, 1.807) is 0 Å². The Morgan fingerprint density at radius 2 is 2.40 bits per heavy atom. The molecule has 0 bridgehead atoms. The third-order valence-electron chi connectivity index (χ3n) is 4.30. The normalized spacial score (nSPS) is 28.1. The Balaban J connectivity index is 1.86. The van der Waals surface area contributed by atoms with E-state index in [-0.39, 0.29) is 11.9 Å². The number of hydrogen-bond acceptors (Lipinski definition) is 5. The third-order valence-corrected chi connectivity index (χ3v) is 5.50. The number of carbonyl (C=O) groups is 1. The van der Waals surface area contributed by atoms with Gasteiger partial charge in [0.2, 0.25) is 5.91 Å². The minimum Gasteiger partial charge on any atom is -0.379 e. The molecule has 0 saturated carbocycles. The Morgan fingerprint density at radius 1 is 1.60 bits per heavy atom. The first kappa shape index (κ1) is 13.6. The summed E-state index contributed by atoms with van der Waals surface area (Å²) >= 11 is 1.52. The molecule has 20 heavy (non-hydrogen) atoms. The van der Waals surface area contributed by atoms with Gasteiger partial charge in [0, 0.05) is 10.9 Å². The number of nitrogens with zero attached hydrogens (tertiary/aromatic N) is 1. The number of ether oxygens (including phenoxy) is 1. The van der Waals surface area contributed by atoms with Crippen LogP contribution in [0.2, 0.25) is 0 Å². The lowest BCUT2D eigenvalue weighted by Gasteiger charge is -2.25. The lowest BCUT2D eigenvalue weighted by molar-refractivity contribution is -0.125. The van der Waals surface area contributed by atoms with Crippen molar-refractivity contribution < 1.29 is 9.53 Å². The molecule has 0 spiro atoms. The summed E-state index contributed by atoms with van der Waals surface area (Å²) in [6, 6.07) is 1.92. The number of amides is 1. The van der Waals surface area contributed by atoms with Gasteiger partial charge in [-0.3, -0.25) is 4.79 Å². The molecule has 2 unspecified atom stereocenters. The number of anilines is 1. The monoisotopic (exact) mass is 291 g/mol. The van der Waals surface area contributed by atoms with Crippen LogP contribution in [0.5, 0.6) is 0 Å². The molecule has 1 aliphatic heterocycles. The Kier molecular flexibility index (Phi) is 3.28. The molecular weight excluding hydrogens is 274 g/mol. The summed E-state index contributed by atoms with van der Waals surface area (Å²) < 4.78 is 5.30. The Morgan fingerprint density at radius 3 is 3.05 bits per heavy atom. The SMILES string of the molecule is CC1(C(=O)Nc2sc3c(c2C#N)CCC3)COCC1N. The van der Waals surface area contributed by atoms with Gasteiger partial charge in [-0.25, -0.2) is 0 Å². The standard InChI is InChI=1S/C14H17N3O2S/c1-14(7-19-6-11(14)16)13(18)17-12-9(5-15)8-3-2-4-10(8)20-12/h11H,2-4,6-7,16H2,1H3,(H,17,18). The molecule has 2 aliphatic rings. The van der Waals surface area contributed by atoms with Crippen molar-refractivity contribution in [2.75, 3.05) is 18.5 Å². The molecule has 5 nitrogen and oxygen atoms in total. The predicted octanol–water partition coefficient (Wildman–Crippen LogP) is 1.41. The van der Waals surface area contributed by atoms with Crippen molar-refractivity contribution in [1.82, 2.24) is 0 Å². The van der Waals surface area contributed by atoms with E-state index in [2.05, 4.69) is 11.4 Å². The van der Waals surface area contributed by atoms with Crippen molar-refractivity contribution in [2.24, 2.45) is 11.1 Å². The topological polar surface area (TPSA) is 88.1 Å². The third kappa shape index (κ3) is 1.94. The summed E-state index contributed by atoms with van der Waals surface area (Å²) in [5.74, 6) is -0.154. The fourth-order valence-corrected chi connectivity index (χ4v) is 4.01. The summed E-state index contributed by atoms with van der Waals surface area (Å²) in [6.45, 7) is 2.54. The van der Waals surface area contributed by atoms with Crippen LogP contribution in [-0.2, 0) is 22.4 Å². The maximum atomic E-state index is 12.5. The van der Waals surface area contributed by atoms with Crippen molar-refractivity contribution in [1.29, 1.82) is 5.26 Å². The number of thiophene rings is 1. The molecule has 1 fully saturated rings. The van der Waals surface area contributed by atoms with E-state index >= 15 is 0 Å². The molecule has 1 saturated heterocycles. The van der Waals surface area contributed by atoms with E-state index in [1.807, 2.05) is 6.92 Å². The van der Waals surface area contributed by atoms with Gasteiger partial charge in [-0.05, 0) is 31.7 Å². The highest BCUT2D eigenvalue weighted by molar-refractivity contribution is 7.16. The Hall–Kier alpha value is -1.42. The first-order chi connectivity index (χ1) is 9.56. The molecule has 1 amide bonds. The summed E-state index contributed by atoms with van der Waals surface area (Å²) in [4.78, 5) is 13.7. The Labute approximate surface area is 121 Å². The number of nitrogens with one attached hydrogen (secondary N) is 1. The van der Waals surface area contributed by atoms with E-state index in [9.17, 15) is 10.1 Å². The number of aryl methyl sites for hydroxylation is 1. The zero-order valence-electron chi connectivity index (χ0n) is 11.4. The molecule has 2 atom stereocenters. The molecule has 1 aliphatic carbocycles. The first-order valence-electron chi connectivity index (χ1n) is 6.75. The van der Waals surface area contributed by atoms with Gasteiger partial charge < -0.3 is 15.8 Å². The van der Waals surface area contributed by atoms with Gasteiger partial charge in [-0.1, -0.05) is 0 Å². The second kappa shape index (κ2) is 4.85. The molecule has 2 heterocycles. The summed E-state index contributed by atoms with van der Waals surface area (Å²) in [7, 11) is 0. The second-order valence-electron chi connectivity index (χ2n) is 5.67. The van der Waals surface area contributed by atoms with Gasteiger partial charge in [0.25, 0.3) is 0 Å². The van der Waals surface area contributed by atoms with Crippen LogP contribution in [0.25, 0.3) is 0 Å². The van der Waals surface area contributed by atoms with Crippen molar-refractivity contribution in [3.05, 3.63) is 16.0 Å². The molecular formula is C14H17N3O2S. The minimum atomic E-state index is -0.721. The van der Waals surface area contributed by atoms with Gasteiger partial charge in [0.15, 0.2) is 0 Å². The summed E-state index contributed by atoms with van der Waals surface area (Å²) in [6.07, 6.45) is 3.04. The highest BCUT2D eigenvalue weighted by atomic mass is 32.1. The number of rotatable bonds is 2. The van der Waals surface area contributed by atoms with E-state index in [0.717, 1.165) is 24.8 Å². The summed E-state index contributed by atoms with van der Waals surface area (Å²) in [5.41, 5.74) is 6.99. The fourth-order valence-electron chi connectivity index (χ4n) is 2.78. The largest absolute Gasteiger partial charge is 0.379 e. The van der Waals surface area contributed by atoms with Crippen LogP contribution in [-0.4, -0.2) is 25.2 Å². The van der Waals surface area contributed by atoms with Gasteiger partial charge in [-0.2, -0.15) is 5.26 Å². The molecule has 0 aromatic carbocycles. The predicted molar refractivity (Wildman–Crippen MR) is 76.6 cm³/mol. The molecule has 106 valence electrons. The highest BCUT2D eigenvalue weighted by Gasteiger charge is 2.44. The van der Waals surface area contributed by atoms with Crippen molar-refractivity contribution in [3.8, 4) is 6.07 Å². The van der Waals surface area contributed by atoms with Gasteiger partial charge in [-0.15, -0.1) is 11.3 Å². The average molecular weight is 291 g/mol. The van der Waals surface area contributed by atoms with Gasteiger partial charge >= 0.3 is 0 Å². The lowest BCUT2D eigenvalue weighted by atomic mass is 9.85. The maximum absolute atomic E-state index is 12.5. The smallest absolute Gasteiger partial charge is 0.234 e. The molecule has 3 rings (SSSR count). The Bertz CT molecular complexity index is 604. The first-order valence-corrected chi connectivity index (χ1v) is 7.57.